The summed E-state index contributed by atoms with van der Waals surface area (Å²) in [6.45, 7) is 0.365. The van der Waals surface area contributed by atoms with E-state index in [0.717, 1.165) is 11.3 Å². The summed E-state index contributed by atoms with van der Waals surface area (Å²) in [7, 11) is 0. The third-order valence-corrected chi connectivity index (χ3v) is 4.13. The van der Waals surface area contributed by atoms with Crippen LogP contribution in [0.2, 0.25) is 0 Å². The van der Waals surface area contributed by atoms with Crippen LogP contribution in [0.25, 0.3) is 0 Å². The van der Waals surface area contributed by atoms with E-state index in [4.69, 9.17) is 4.74 Å². The van der Waals surface area contributed by atoms with Crippen molar-refractivity contribution in [2.75, 3.05) is 11.9 Å². The molecular formula is C14H11Br2N3O2. The molecule has 1 aromatic heterocycles. The first kappa shape index (κ1) is 14.5. The number of amides is 1. The molecule has 21 heavy (non-hydrogen) atoms. The molecule has 1 aliphatic heterocycles. The van der Waals surface area contributed by atoms with Crippen LogP contribution in [-0.2, 0) is 11.2 Å². The minimum atomic E-state index is -0.239. The van der Waals surface area contributed by atoms with Crippen molar-refractivity contribution >= 4 is 43.6 Å². The Kier molecular flexibility index (Phi) is 4.21. The molecule has 0 saturated heterocycles. The van der Waals surface area contributed by atoms with Crippen LogP contribution in [0.1, 0.15) is 5.56 Å². The lowest BCUT2D eigenvalue weighted by Gasteiger charge is -2.24. The van der Waals surface area contributed by atoms with E-state index in [-0.39, 0.29) is 11.8 Å². The summed E-state index contributed by atoms with van der Waals surface area (Å²) in [4.78, 5) is 20.6. The molecule has 2 aromatic rings. The number of nitrogens with one attached hydrogen (secondary N) is 1. The fraction of sp³-hybridized carbons (Fsp3) is 0.214. The average molecular weight is 413 g/mol. The molecular weight excluding hydrogens is 402 g/mol. The maximum absolute atomic E-state index is 12.3. The zero-order chi connectivity index (χ0) is 14.8. The molecule has 0 fully saturated rings. The molecule has 1 atom stereocenters. The number of carbonyl (C=O) groups excluding carboxylic acids is 1. The Labute approximate surface area is 138 Å². The molecule has 0 spiro atoms. The normalized spacial score (nSPS) is 16.8. The molecule has 0 saturated carbocycles. The molecule has 1 aromatic carbocycles. The van der Waals surface area contributed by atoms with E-state index in [1.54, 1.807) is 0 Å². The number of aromatic nitrogens is 2. The number of anilines is 1. The smallest absolute Gasteiger partial charge is 0.232 e. The topological polar surface area (TPSA) is 64.1 Å². The molecule has 0 aliphatic carbocycles. The van der Waals surface area contributed by atoms with Gasteiger partial charge in [0.25, 0.3) is 0 Å². The number of ether oxygens (including phenoxy) is 1. The molecule has 0 bridgehead atoms. The number of halogens is 2. The van der Waals surface area contributed by atoms with E-state index in [0.29, 0.717) is 28.1 Å². The van der Waals surface area contributed by atoms with E-state index in [1.807, 2.05) is 24.3 Å². The zero-order valence-electron chi connectivity index (χ0n) is 10.8. The largest absolute Gasteiger partial charge is 0.492 e. The van der Waals surface area contributed by atoms with Gasteiger partial charge in [-0.05, 0) is 49.9 Å². The number of hydrogen-bond acceptors (Lipinski definition) is 4. The first-order chi connectivity index (χ1) is 10.1. The highest BCUT2D eigenvalue weighted by atomic mass is 79.9. The Hall–Kier alpha value is -1.47. The summed E-state index contributed by atoms with van der Waals surface area (Å²) >= 11 is 6.50. The van der Waals surface area contributed by atoms with Crippen LogP contribution in [0, 0.1) is 5.92 Å². The number of carbonyl (C=O) groups is 1. The minimum Gasteiger partial charge on any atom is -0.492 e. The lowest BCUT2D eigenvalue weighted by atomic mass is 9.96. The monoisotopic (exact) mass is 411 g/mol. The van der Waals surface area contributed by atoms with Gasteiger partial charge in [0, 0.05) is 0 Å². The van der Waals surface area contributed by atoms with E-state index in [2.05, 4.69) is 47.1 Å². The van der Waals surface area contributed by atoms with Crippen LogP contribution in [-0.4, -0.2) is 22.5 Å². The lowest BCUT2D eigenvalue weighted by Crippen LogP contribution is -2.33. The fourth-order valence-electron chi connectivity index (χ4n) is 2.15. The van der Waals surface area contributed by atoms with Crippen LogP contribution >= 0.6 is 31.9 Å². The second-order valence-electron chi connectivity index (χ2n) is 4.64. The van der Waals surface area contributed by atoms with E-state index >= 15 is 0 Å². The first-order valence-electron chi connectivity index (χ1n) is 6.33. The Morgan fingerprint density at radius 2 is 2.14 bits per heavy atom. The zero-order valence-corrected chi connectivity index (χ0v) is 14.0. The van der Waals surface area contributed by atoms with Gasteiger partial charge in [-0.3, -0.25) is 4.79 Å². The second-order valence-corrected chi connectivity index (χ2v) is 6.20. The summed E-state index contributed by atoms with van der Waals surface area (Å²) in [6, 6.07) is 7.76. The van der Waals surface area contributed by atoms with Crippen molar-refractivity contribution < 1.29 is 9.53 Å². The number of benzene rings is 1. The van der Waals surface area contributed by atoms with Gasteiger partial charge < -0.3 is 10.1 Å². The van der Waals surface area contributed by atoms with Crippen LogP contribution in [0.4, 0.5) is 5.82 Å². The predicted molar refractivity (Wildman–Crippen MR) is 85.2 cm³/mol. The molecule has 108 valence electrons. The maximum Gasteiger partial charge on any atom is 0.232 e. The van der Waals surface area contributed by atoms with Crippen molar-refractivity contribution in [2.24, 2.45) is 5.92 Å². The SMILES string of the molecule is O=C(Nc1ncc(Br)nc1Br)C1COc2ccccc2C1. The molecule has 1 unspecified atom stereocenters. The van der Waals surface area contributed by atoms with E-state index in [9.17, 15) is 4.79 Å². The van der Waals surface area contributed by atoms with Gasteiger partial charge in [0.1, 0.15) is 21.6 Å². The Morgan fingerprint density at radius 1 is 1.33 bits per heavy atom. The van der Waals surface area contributed by atoms with Gasteiger partial charge in [-0.15, -0.1) is 0 Å². The van der Waals surface area contributed by atoms with Gasteiger partial charge in [-0.1, -0.05) is 18.2 Å². The molecule has 7 heteroatoms. The molecule has 1 aliphatic rings. The Bertz CT molecular complexity index is 694. The molecule has 3 rings (SSSR count). The fourth-order valence-corrected chi connectivity index (χ4v) is 3.06. The Morgan fingerprint density at radius 3 is 2.95 bits per heavy atom. The molecule has 2 heterocycles. The van der Waals surface area contributed by atoms with Gasteiger partial charge in [0.05, 0.1) is 12.1 Å². The summed E-state index contributed by atoms with van der Waals surface area (Å²) < 4.78 is 6.72. The molecule has 1 amide bonds. The van der Waals surface area contributed by atoms with Crippen LogP contribution in [0.3, 0.4) is 0 Å². The highest BCUT2D eigenvalue weighted by Gasteiger charge is 2.26. The lowest BCUT2D eigenvalue weighted by molar-refractivity contribution is -0.121. The highest BCUT2D eigenvalue weighted by molar-refractivity contribution is 9.11. The first-order valence-corrected chi connectivity index (χ1v) is 7.91. The van der Waals surface area contributed by atoms with E-state index in [1.165, 1.54) is 6.20 Å². The molecule has 5 nitrogen and oxygen atoms in total. The quantitative estimate of drug-likeness (QED) is 0.822. The summed E-state index contributed by atoms with van der Waals surface area (Å²) in [5, 5.41) is 2.78. The van der Waals surface area contributed by atoms with Gasteiger partial charge >= 0.3 is 0 Å². The van der Waals surface area contributed by atoms with Crippen LogP contribution in [0.15, 0.2) is 39.7 Å². The molecule has 0 radical (unpaired) electrons. The maximum atomic E-state index is 12.3. The summed E-state index contributed by atoms with van der Waals surface area (Å²) in [5.74, 6) is 0.896. The van der Waals surface area contributed by atoms with Crippen molar-refractivity contribution in [1.82, 2.24) is 9.97 Å². The summed E-state index contributed by atoms with van der Waals surface area (Å²) in [6.07, 6.45) is 2.19. The van der Waals surface area contributed by atoms with Crippen molar-refractivity contribution in [3.63, 3.8) is 0 Å². The highest BCUT2D eigenvalue weighted by Crippen LogP contribution is 2.28. The van der Waals surface area contributed by atoms with Gasteiger partial charge in [-0.25, -0.2) is 9.97 Å². The number of rotatable bonds is 2. The Balaban J connectivity index is 1.72. The van der Waals surface area contributed by atoms with Gasteiger partial charge in [0.2, 0.25) is 5.91 Å². The van der Waals surface area contributed by atoms with E-state index < -0.39 is 0 Å². The van der Waals surface area contributed by atoms with Crippen molar-refractivity contribution in [3.8, 4) is 5.75 Å². The van der Waals surface area contributed by atoms with Crippen molar-refractivity contribution in [1.29, 1.82) is 0 Å². The predicted octanol–water partition coefficient (Wildman–Crippen LogP) is 3.19. The third-order valence-electron chi connectivity index (χ3n) is 3.19. The minimum absolute atomic E-state index is 0.123. The van der Waals surface area contributed by atoms with Gasteiger partial charge in [-0.2, -0.15) is 0 Å². The standard InChI is InChI=1S/C14H11Br2N3O2/c15-11-6-17-13(12(16)18-11)19-14(20)9-5-8-3-1-2-4-10(8)21-7-9/h1-4,6,9H,5,7H2,(H,17,19,20). The number of fused-ring (bicyclic) bond motifs is 1. The number of para-hydroxylation sites is 1. The third kappa shape index (κ3) is 3.24. The number of nitrogens with zero attached hydrogens (tertiary/aromatic N) is 2. The average Bonchev–Trinajstić information content (AvgIpc) is 2.49. The van der Waals surface area contributed by atoms with Crippen LogP contribution < -0.4 is 10.1 Å². The molecule has 1 N–H and O–H groups in total. The summed E-state index contributed by atoms with van der Waals surface area (Å²) in [5.41, 5.74) is 1.05. The second kappa shape index (κ2) is 6.11. The van der Waals surface area contributed by atoms with Crippen molar-refractivity contribution in [2.45, 2.75) is 6.42 Å². The van der Waals surface area contributed by atoms with Crippen LogP contribution in [0.5, 0.6) is 5.75 Å². The van der Waals surface area contributed by atoms with Crippen molar-refractivity contribution in [3.05, 3.63) is 45.2 Å². The number of hydrogen-bond donors (Lipinski definition) is 1. The van der Waals surface area contributed by atoms with Gasteiger partial charge in [0.15, 0.2) is 5.82 Å².